The van der Waals surface area contributed by atoms with Crippen molar-refractivity contribution in [3.63, 3.8) is 0 Å². The first-order valence-corrected chi connectivity index (χ1v) is 10.2. The Bertz CT molecular complexity index is 843. The second kappa shape index (κ2) is 7.92. The molecule has 4 rings (SSSR count). The van der Waals surface area contributed by atoms with Gasteiger partial charge in [0, 0.05) is 37.4 Å². The summed E-state index contributed by atoms with van der Waals surface area (Å²) >= 11 is 0. The Labute approximate surface area is 166 Å². The van der Waals surface area contributed by atoms with Crippen LogP contribution in [0.2, 0.25) is 0 Å². The maximum atomic E-state index is 14.5. The van der Waals surface area contributed by atoms with Crippen LogP contribution >= 0.6 is 0 Å². The molecule has 1 N–H and O–H groups in total. The van der Waals surface area contributed by atoms with Crippen LogP contribution in [-0.4, -0.2) is 44.0 Å². The Hall–Kier alpha value is -2.40. The predicted octanol–water partition coefficient (Wildman–Crippen LogP) is 4.34. The summed E-state index contributed by atoms with van der Waals surface area (Å²) in [7, 11) is 2.13. The Kier molecular flexibility index (Phi) is 5.36. The molecule has 28 heavy (non-hydrogen) atoms. The summed E-state index contributed by atoms with van der Waals surface area (Å²) in [6, 6.07) is 12.8. The second-order valence-corrected chi connectivity index (χ2v) is 8.04. The Morgan fingerprint density at radius 3 is 2.43 bits per heavy atom. The molecule has 0 spiro atoms. The average molecular weight is 381 g/mol. The second-order valence-electron chi connectivity index (χ2n) is 8.04. The molecule has 4 nitrogen and oxygen atoms in total. The largest absolute Gasteiger partial charge is 0.369 e. The van der Waals surface area contributed by atoms with Gasteiger partial charge in [-0.2, -0.15) is 0 Å². The van der Waals surface area contributed by atoms with E-state index in [0.29, 0.717) is 17.4 Å². The van der Waals surface area contributed by atoms with Gasteiger partial charge in [-0.3, -0.25) is 4.79 Å². The molecule has 1 saturated heterocycles. The first-order valence-electron chi connectivity index (χ1n) is 10.2. The topological polar surface area (TPSA) is 35.6 Å². The number of hydrogen-bond donors (Lipinski definition) is 1. The lowest BCUT2D eigenvalue weighted by Gasteiger charge is -2.34. The normalized spacial score (nSPS) is 22.2. The average Bonchev–Trinajstić information content (AvgIpc) is 3.50. The van der Waals surface area contributed by atoms with Gasteiger partial charge in [0.15, 0.2) is 0 Å². The van der Waals surface area contributed by atoms with Gasteiger partial charge in [-0.15, -0.1) is 0 Å². The molecule has 1 saturated carbocycles. The standard InChI is InChI=1S/C23H28FN3O/c1-3-16-14-20(16)18-6-9-22(21(24)15-18)25-23(28)17-4-7-19(8-5-17)27-12-10-26(2)11-13-27/h4-9,15-16,20H,3,10-14H2,1-2H3,(H,25,28). The zero-order valence-corrected chi connectivity index (χ0v) is 16.6. The first-order chi connectivity index (χ1) is 13.5. The van der Waals surface area contributed by atoms with Crippen molar-refractivity contribution in [1.29, 1.82) is 0 Å². The van der Waals surface area contributed by atoms with Crippen molar-refractivity contribution in [3.8, 4) is 0 Å². The van der Waals surface area contributed by atoms with Gasteiger partial charge in [-0.1, -0.05) is 19.4 Å². The lowest BCUT2D eigenvalue weighted by atomic mass is 10.1. The zero-order chi connectivity index (χ0) is 19.7. The number of piperazine rings is 1. The van der Waals surface area contributed by atoms with Crippen LogP contribution in [0.5, 0.6) is 0 Å². The van der Waals surface area contributed by atoms with E-state index < -0.39 is 0 Å². The molecule has 2 aliphatic rings. The van der Waals surface area contributed by atoms with E-state index in [9.17, 15) is 9.18 Å². The number of benzene rings is 2. The molecule has 2 atom stereocenters. The van der Waals surface area contributed by atoms with Crippen LogP contribution in [-0.2, 0) is 0 Å². The number of nitrogens with one attached hydrogen (secondary N) is 1. The fraction of sp³-hybridized carbons (Fsp3) is 0.435. The van der Waals surface area contributed by atoms with Crippen molar-refractivity contribution in [3.05, 3.63) is 59.4 Å². The molecule has 2 aromatic rings. The summed E-state index contributed by atoms with van der Waals surface area (Å²) in [6.45, 7) is 6.22. The summed E-state index contributed by atoms with van der Waals surface area (Å²) < 4.78 is 14.5. The van der Waals surface area contributed by atoms with E-state index in [1.165, 1.54) is 0 Å². The summed E-state index contributed by atoms with van der Waals surface area (Å²) in [4.78, 5) is 17.2. The SMILES string of the molecule is CCC1CC1c1ccc(NC(=O)c2ccc(N3CCN(C)CC3)cc2)c(F)c1. The molecule has 0 aromatic heterocycles. The molecule has 1 aliphatic carbocycles. The van der Waals surface area contributed by atoms with Gasteiger partial charge in [0.25, 0.3) is 5.91 Å². The van der Waals surface area contributed by atoms with E-state index in [1.54, 1.807) is 12.1 Å². The molecule has 1 aliphatic heterocycles. The maximum absolute atomic E-state index is 14.5. The van der Waals surface area contributed by atoms with E-state index >= 15 is 0 Å². The molecular formula is C23H28FN3O. The van der Waals surface area contributed by atoms with E-state index in [-0.39, 0.29) is 17.4 Å². The number of amides is 1. The van der Waals surface area contributed by atoms with Crippen LogP contribution in [0.4, 0.5) is 15.8 Å². The quantitative estimate of drug-likeness (QED) is 0.837. The highest BCUT2D eigenvalue weighted by Crippen LogP contribution is 2.49. The summed E-state index contributed by atoms with van der Waals surface area (Å²) in [5, 5.41) is 2.71. The van der Waals surface area contributed by atoms with Crippen molar-refractivity contribution >= 4 is 17.3 Å². The number of carbonyl (C=O) groups excluding carboxylic acids is 1. The van der Waals surface area contributed by atoms with Crippen molar-refractivity contribution < 1.29 is 9.18 Å². The predicted molar refractivity (Wildman–Crippen MR) is 112 cm³/mol. The van der Waals surface area contributed by atoms with Crippen LogP contribution in [0.15, 0.2) is 42.5 Å². The molecular weight excluding hydrogens is 353 g/mol. The monoisotopic (exact) mass is 381 g/mol. The molecule has 2 aromatic carbocycles. The van der Waals surface area contributed by atoms with Crippen LogP contribution in [0.25, 0.3) is 0 Å². The third kappa shape index (κ3) is 4.04. The molecule has 2 fully saturated rings. The van der Waals surface area contributed by atoms with Crippen molar-refractivity contribution in [2.45, 2.75) is 25.7 Å². The van der Waals surface area contributed by atoms with Gasteiger partial charge < -0.3 is 15.1 Å². The van der Waals surface area contributed by atoms with Crippen molar-refractivity contribution in [2.24, 2.45) is 5.92 Å². The number of rotatable bonds is 5. The number of anilines is 2. The van der Waals surface area contributed by atoms with Gasteiger partial charge >= 0.3 is 0 Å². The Morgan fingerprint density at radius 1 is 1.11 bits per heavy atom. The minimum atomic E-state index is -0.360. The van der Waals surface area contributed by atoms with Crippen LogP contribution in [0.1, 0.15) is 41.6 Å². The minimum absolute atomic E-state index is 0.241. The van der Waals surface area contributed by atoms with Gasteiger partial charge in [-0.05, 0) is 67.3 Å². The highest BCUT2D eigenvalue weighted by molar-refractivity contribution is 6.04. The van der Waals surface area contributed by atoms with Gasteiger partial charge in [-0.25, -0.2) is 4.39 Å². The molecule has 1 heterocycles. The lowest BCUT2D eigenvalue weighted by molar-refractivity contribution is 0.102. The number of nitrogens with zero attached hydrogens (tertiary/aromatic N) is 2. The fourth-order valence-electron chi connectivity index (χ4n) is 4.05. The Balaban J connectivity index is 1.39. The number of hydrogen-bond acceptors (Lipinski definition) is 3. The zero-order valence-electron chi connectivity index (χ0n) is 16.6. The number of halogens is 1. The fourth-order valence-corrected chi connectivity index (χ4v) is 4.05. The first kappa shape index (κ1) is 18.9. The van der Waals surface area contributed by atoms with Crippen LogP contribution < -0.4 is 10.2 Å². The lowest BCUT2D eigenvalue weighted by Crippen LogP contribution is -2.44. The molecule has 0 radical (unpaired) electrons. The Morgan fingerprint density at radius 2 is 1.82 bits per heavy atom. The van der Waals surface area contributed by atoms with E-state index in [4.69, 9.17) is 0 Å². The van der Waals surface area contributed by atoms with E-state index in [2.05, 4.69) is 29.1 Å². The van der Waals surface area contributed by atoms with Crippen molar-refractivity contribution in [1.82, 2.24) is 4.90 Å². The molecule has 148 valence electrons. The van der Waals surface area contributed by atoms with Crippen molar-refractivity contribution in [2.75, 3.05) is 43.4 Å². The van der Waals surface area contributed by atoms with Gasteiger partial charge in [0.05, 0.1) is 5.69 Å². The van der Waals surface area contributed by atoms with Crippen LogP contribution in [0, 0.1) is 11.7 Å². The third-order valence-electron chi connectivity index (χ3n) is 6.11. The van der Waals surface area contributed by atoms with E-state index in [0.717, 1.165) is 50.3 Å². The molecule has 0 bridgehead atoms. The van der Waals surface area contributed by atoms with Gasteiger partial charge in [0.1, 0.15) is 5.82 Å². The molecule has 5 heteroatoms. The minimum Gasteiger partial charge on any atom is -0.369 e. The summed E-state index contributed by atoms with van der Waals surface area (Å²) in [5.74, 6) is 0.515. The summed E-state index contributed by atoms with van der Waals surface area (Å²) in [5.41, 5.74) is 2.94. The summed E-state index contributed by atoms with van der Waals surface area (Å²) in [6.07, 6.45) is 2.27. The highest BCUT2D eigenvalue weighted by Gasteiger charge is 2.36. The van der Waals surface area contributed by atoms with Gasteiger partial charge in [0.2, 0.25) is 0 Å². The van der Waals surface area contributed by atoms with Crippen LogP contribution in [0.3, 0.4) is 0 Å². The maximum Gasteiger partial charge on any atom is 0.255 e. The smallest absolute Gasteiger partial charge is 0.255 e. The van der Waals surface area contributed by atoms with E-state index in [1.807, 2.05) is 30.3 Å². The number of carbonyl (C=O) groups is 1. The third-order valence-corrected chi connectivity index (χ3v) is 6.11. The highest BCUT2D eigenvalue weighted by atomic mass is 19.1. The number of likely N-dealkylation sites (N-methyl/N-ethyl adjacent to an activating group) is 1. The molecule has 1 amide bonds. The molecule has 2 unspecified atom stereocenters.